The molecule has 3 aromatic rings. The lowest BCUT2D eigenvalue weighted by Crippen LogP contribution is -2.37. The number of benzene rings is 3. The van der Waals surface area contributed by atoms with Gasteiger partial charge >= 0.3 is 0 Å². The standard InChI is InChI=1S/C27H30ClN3O2/c28-26-16-22-11-6-14-31(33)25(15-24(22)17-27(26)30-32)13-12-21-9-4-5-10-23(21)19-29-18-20-7-2-1-3-8-20/h1-5,7-10,16-17,25,29,33H,6,11-15,18-19H2. The van der Waals surface area contributed by atoms with Crippen molar-refractivity contribution in [3.05, 3.63) is 104 Å². The van der Waals surface area contributed by atoms with Crippen molar-refractivity contribution in [3.63, 3.8) is 0 Å². The summed E-state index contributed by atoms with van der Waals surface area (Å²) in [6, 6.07) is 22.5. The largest absolute Gasteiger partial charge is 0.314 e. The van der Waals surface area contributed by atoms with Crippen molar-refractivity contribution < 1.29 is 5.21 Å². The summed E-state index contributed by atoms with van der Waals surface area (Å²) in [6.07, 6.45) is 4.02. The van der Waals surface area contributed by atoms with E-state index in [0.717, 1.165) is 49.9 Å². The summed E-state index contributed by atoms with van der Waals surface area (Å²) in [5.41, 5.74) is 6.31. The zero-order valence-corrected chi connectivity index (χ0v) is 19.5. The molecule has 1 aliphatic heterocycles. The first kappa shape index (κ1) is 23.6. The van der Waals surface area contributed by atoms with Crippen LogP contribution in [0.25, 0.3) is 0 Å². The number of aryl methyl sites for hydroxylation is 2. The molecular formula is C27H30ClN3O2. The van der Waals surface area contributed by atoms with Crippen molar-refractivity contribution in [2.75, 3.05) is 6.54 Å². The molecule has 172 valence electrons. The highest BCUT2D eigenvalue weighted by Gasteiger charge is 2.23. The molecule has 1 heterocycles. The summed E-state index contributed by atoms with van der Waals surface area (Å²) in [5, 5.41) is 19.2. The fourth-order valence-electron chi connectivity index (χ4n) is 4.60. The number of hydrogen-bond donors (Lipinski definition) is 2. The van der Waals surface area contributed by atoms with Crippen LogP contribution in [0.1, 0.15) is 40.7 Å². The van der Waals surface area contributed by atoms with E-state index in [0.29, 0.717) is 18.0 Å². The minimum atomic E-state index is -0.0324. The summed E-state index contributed by atoms with van der Waals surface area (Å²) in [7, 11) is 0. The van der Waals surface area contributed by atoms with E-state index in [-0.39, 0.29) is 11.7 Å². The van der Waals surface area contributed by atoms with Gasteiger partial charge in [0.2, 0.25) is 0 Å². The van der Waals surface area contributed by atoms with Crippen LogP contribution >= 0.6 is 11.6 Å². The van der Waals surface area contributed by atoms with Crippen molar-refractivity contribution in [2.45, 2.75) is 51.2 Å². The maximum Gasteiger partial charge on any atom is 0.126 e. The molecule has 0 saturated heterocycles. The van der Waals surface area contributed by atoms with E-state index in [9.17, 15) is 10.1 Å². The Hall–Kier alpha value is -2.57. The summed E-state index contributed by atoms with van der Waals surface area (Å²) >= 11 is 6.20. The molecule has 0 bridgehead atoms. The SMILES string of the molecule is O=Nc1cc2c(cc1Cl)CCCN(O)C(CCc1ccccc1CNCc1ccccc1)C2. The fraction of sp³-hybridized carbons (Fsp3) is 0.333. The molecule has 0 aromatic heterocycles. The van der Waals surface area contributed by atoms with Crippen molar-refractivity contribution in [3.8, 4) is 0 Å². The molecule has 2 N–H and O–H groups in total. The first-order valence-electron chi connectivity index (χ1n) is 11.6. The molecule has 0 aliphatic carbocycles. The lowest BCUT2D eigenvalue weighted by atomic mass is 9.91. The highest BCUT2D eigenvalue weighted by Crippen LogP contribution is 2.32. The number of nitrogens with zero attached hydrogens (tertiary/aromatic N) is 2. The Morgan fingerprint density at radius 3 is 2.55 bits per heavy atom. The zero-order valence-electron chi connectivity index (χ0n) is 18.7. The highest BCUT2D eigenvalue weighted by atomic mass is 35.5. The summed E-state index contributed by atoms with van der Waals surface area (Å²) in [6.45, 7) is 2.25. The quantitative estimate of drug-likeness (QED) is 0.390. The Morgan fingerprint density at radius 1 is 1.00 bits per heavy atom. The topological polar surface area (TPSA) is 64.9 Å². The number of nitrogens with one attached hydrogen (secondary N) is 1. The van der Waals surface area contributed by atoms with Crippen LogP contribution in [0.5, 0.6) is 0 Å². The van der Waals surface area contributed by atoms with Crippen LogP contribution in [0, 0.1) is 4.91 Å². The van der Waals surface area contributed by atoms with Gasteiger partial charge < -0.3 is 10.5 Å². The molecule has 5 nitrogen and oxygen atoms in total. The molecular weight excluding hydrogens is 434 g/mol. The van der Waals surface area contributed by atoms with Crippen molar-refractivity contribution in [2.24, 2.45) is 5.18 Å². The van der Waals surface area contributed by atoms with Crippen LogP contribution in [0.2, 0.25) is 5.02 Å². The number of hydroxylamine groups is 2. The van der Waals surface area contributed by atoms with Crippen LogP contribution in [0.15, 0.2) is 71.9 Å². The normalized spacial score (nSPS) is 16.6. The van der Waals surface area contributed by atoms with Gasteiger partial charge in [-0.15, -0.1) is 4.91 Å². The zero-order chi connectivity index (χ0) is 23.0. The Balaban J connectivity index is 1.43. The Bertz CT molecular complexity index is 1070. The molecule has 0 fully saturated rings. The van der Waals surface area contributed by atoms with Gasteiger partial charge in [0.05, 0.1) is 5.02 Å². The van der Waals surface area contributed by atoms with E-state index in [1.807, 2.05) is 12.1 Å². The second-order valence-electron chi connectivity index (χ2n) is 8.68. The maximum absolute atomic E-state index is 11.1. The Morgan fingerprint density at radius 2 is 1.76 bits per heavy atom. The predicted octanol–water partition coefficient (Wildman–Crippen LogP) is 6.21. The lowest BCUT2D eigenvalue weighted by molar-refractivity contribution is -0.129. The Kier molecular flexibility index (Phi) is 8.24. The van der Waals surface area contributed by atoms with E-state index in [1.54, 1.807) is 6.07 Å². The third kappa shape index (κ3) is 6.27. The number of hydrogen-bond acceptors (Lipinski definition) is 5. The van der Waals surface area contributed by atoms with Gasteiger partial charge in [0.1, 0.15) is 5.69 Å². The van der Waals surface area contributed by atoms with E-state index in [1.165, 1.54) is 21.8 Å². The number of nitroso groups, excluding NO2 is 1. The van der Waals surface area contributed by atoms with Crippen molar-refractivity contribution in [1.82, 2.24) is 10.4 Å². The second kappa shape index (κ2) is 11.5. The first-order chi connectivity index (χ1) is 16.1. The molecule has 1 atom stereocenters. The number of rotatable bonds is 8. The van der Waals surface area contributed by atoms with Gasteiger partial charge in [0.15, 0.2) is 0 Å². The average molecular weight is 464 g/mol. The molecule has 0 radical (unpaired) electrons. The first-order valence-corrected chi connectivity index (χ1v) is 11.9. The van der Waals surface area contributed by atoms with Crippen molar-refractivity contribution in [1.29, 1.82) is 0 Å². The molecule has 6 heteroatoms. The van der Waals surface area contributed by atoms with Gasteiger partial charge in [-0.1, -0.05) is 66.2 Å². The molecule has 1 aliphatic rings. The van der Waals surface area contributed by atoms with Gasteiger partial charge in [-0.2, -0.15) is 5.06 Å². The monoisotopic (exact) mass is 463 g/mol. The molecule has 0 saturated carbocycles. The average Bonchev–Trinajstić information content (AvgIpc) is 2.83. The number of halogens is 1. The molecule has 3 aromatic carbocycles. The van der Waals surface area contributed by atoms with Crippen LogP contribution < -0.4 is 5.32 Å². The third-order valence-electron chi connectivity index (χ3n) is 6.43. The molecule has 33 heavy (non-hydrogen) atoms. The third-order valence-corrected chi connectivity index (χ3v) is 6.73. The predicted molar refractivity (Wildman–Crippen MR) is 133 cm³/mol. The van der Waals surface area contributed by atoms with Gasteiger partial charge in [-0.05, 0) is 77.2 Å². The lowest BCUT2D eigenvalue weighted by Gasteiger charge is -2.30. The van der Waals surface area contributed by atoms with E-state index in [2.05, 4.69) is 59.0 Å². The van der Waals surface area contributed by atoms with Crippen LogP contribution in [0.3, 0.4) is 0 Å². The summed E-state index contributed by atoms with van der Waals surface area (Å²) in [5.74, 6) is 0. The molecule has 0 amide bonds. The van der Waals surface area contributed by atoms with Crippen molar-refractivity contribution >= 4 is 17.3 Å². The Labute approximate surface area is 200 Å². The number of fused-ring (bicyclic) bond motifs is 1. The van der Waals surface area contributed by atoms with Gasteiger partial charge in [-0.25, -0.2) is 0 Å². The highest BCUT2D eigenvalue weighted by molar-refractivity contribution is 6.33. The van der Waals surface area contributed by atoms with Gasteiger partial charge in [0.25, 0.3) is 0 Å². The van der Waals surface area contributed by atoms with Crippen LogP contribution in [-0.4, -0.2) is 22.9 Å². The van der Waals surface area contributed by atoms with E-state index >= 15 is 0 Å². The van der Waals surface area contributed by atoms with Gasteiger partial charge in [-0.3, -0.25) is 0 Å². The minimum Gasteiger partial charge on any atom is -0.314 e. The van der Waals surface area contributed by atoms with Crippen LogP contribution in [-0.2, 0) is 32.4 Å². The second-order valence-corrected chi connectivity index (χ2v) is 9.09. The van der Waals surface area contributed by atoms with E-state index in [4.69, 9.17) is 11.6 Å². The smallest absolute Gasteiger partial charge is 0.126 e. The molecule has 0 spiro atoms. The summed E-state index contributed by atoms with van der Waals surface area (Å²) in [4.78, 5) is 11.1. The minimum absolute atomic E-state index is 0.0324. The van der Waals surface area contributed by atoms with E-state index < -0.39 is 0 Å². The van der Waals surface area contributed by atoms with Crippen LogP contribution in [0.4, 0.5) is 5.69 Å². The maximum atomic E-state index is 11.1. The molecule has 1 unspecified atom stereocenters. The summed E-state index contributed by atoms with van der Waals surface area (Å²) < 4.78 is 0. The fourth-order valence-corrected chi connectivity index (χ4v) is 4.82. The molecule has 4 rings (SSSR count). The van der Waals surface area contributed by atoms with Gasteiger partial charge in [0, 0.05) is 25.7 Å².